The summed E-state index contributed by atoms with van der Waals surface area (Å²) < 4.78 is 43.7. The Kier molecular flexibility index (Phi) is 6.00. The fraction of sp³-hybridized carbons (Fsp3) is 0.263. The first-order valence-electron chi connectivity index (χ1n) is 8.41. The Labute approximate surface area is 173 Å². The van der Waals surface area contributed by atoms with Crippen molar-refractivity contribution in [2.24, 2.45) is 0 Å². The SMILES string of the molecule is COc1cc(Cl)c(C)cc1NC(=O)CC1Sc2ccc(C(F)(F)F)cc2NC1=O. The van der Waals surface area contributed by atoms with Crippen LogP contribution in [-0.4, -0.2) is 24.2 Å². The number of nitrogens with one attached hydrogen (secondary N) is 2. The summed E-state index contributed by atoms with van der Waals surface area (Å²) in [5, 5.41) is 4.84. The largest absolute Gasteiger partial charge is 0.495 e. The maximum absolute atomic E-state index is 12.8. The summed E-state index contributed by atoms with van der Waals surface area (Å²) in [6.45, 7) is 1.77. The monoisotopic (exact) mass is 444 g/mol. The standard InChI is InChI=1S/C19H16ClF3N2O3S/c1-9-5-12(14(28-2)7-11(9)20)24-17(26)8-16-18(27)25-13-6-10(19(21,22)23)3-4-15(13)29-16/h3-7,16H,8H2,1-2H3,(H,24,26)(H,25,27). The Bertz CT molecular complexity index is 982. The molecule has 2 aromatic rings. The molecule has 5 nitrogen and oxygen atoms in total. The van der Waals surface area contributed by atoms with Gasteiger partial charge in [0, 0.05) is 22.4 Å². The van der Waals surface area contributed by atoms with Crippen molar-refractivity contribution in [1.29, 1.82) is 0 Å². The molecule has 0 saturated carbocycles. The van der Waals surface area contributed by atoms with E-state index in [1.807, 2.05) is 0 Å². The predicted octanol–water partition coefficient (Wildman–Crippen LogP) is 5.12. The molecule has 10 heteroatoms. The van der Waals surface area contributed by atoms with Gasteiger partial charge in [-0.25, -0.2) is 0 Å². The number of benzene rings is 2. The molecule has 2 aromatic carbocycles. The van der Waals surface area contributed by atoms with Gasteiger partial charge >= 0.3 is 6.18 Å². The molecule has 3 rings (SSSR count). The third kappa shape index (κ3) is 4.79. The average molecular weight is 445 g/mol. The van der Waals surface area contributed by atoms with Crippen molar-refractivity contribution in [1.82, 2.24) is 0 Å². The second kappa shape index (κ2) is 8.16. The zero-order valence-electron chi connectivity index (χ0n) is 15.3. The van der Waals surface area contributed by atoms with E-state index >= 15 is 0 Å². The van der Waals surface area contributed by atoms with Gasteiger partial charge in [-0.2, -0.15) is 13.2 Å². The van der Waals surface area contributed by atoms with Crippen LogP contribution in [0.2, 0.25) is 5.02 Å². The van der Waals surface area contributed by atoms with E-state index in [9.17, 15) is 22.8 Å². The summed E-state index contributed by atoms with van der Waals surface area (Å²) in [5.74, 6) is -0.594. The molecule has 2 amide bonds. The second-order valence-electron chi connectivity index (χ2n) is 6.36. The van der Waals surface area contributed by atoms with Crippen molar-refractivity contribution >= 4 is 46.6 Å². The van der Waals surface area contributed by atoms with Gasteiger partial charge in [0.2, 0.25) is 11.8 Å². The van der Waals surface area contributed by atoms with Gasteiger partial charge in [0.05, 0.1) is 29.3 Å². The molecule has 0 bridgehead atoms. The van der Waals surface area contributed by atoms with Crippen LogP contribution in [0.15, 0.2) is 35.2 Å². The molecule has 1 heterocycles. The van der Waals surface area contributed by atoms with Crippen LogP contribution < -0.4 is 15.4 Å². The summed E-state index contributed by atoms with van der Waals surface area (Å²) in [6, 6.07) is 6.35. The number of hydrogen-bond acceptors (Lipinski definition) is 4. The molecule has 1 unspecified atom stereocenters. The average Bonchev–Trinajstić information content (AvgIpc) is 2.64. The van der Waals surface area contributed by atoms with Gasteiger partial charge in [0.1, 0.15) is 5.75 Å². The Balaban J connectivity index is 1.72. The van der Waals surface area contributed by atoms with E-state index in [2.05, 4.69) is 10.6 Å². The number of carbonyl (C=O) groups excluding carboxylic acids is 2. The molecule has 1 aliphatic rings. The van der Waals surface area contributed by atoms with Crippen LogP contribution in [0, 0.1) is 6.92 Å². The molecular weight excluding hydrogens is 429 g/mol. The number of thioether (sulfide) groups is 1. The molecule has 0 aliphatic carbocycles. The minimum atomic E-state index is -4.50. The van der Waals surface area contributed by atoms with E-state index in [-0.39, 0.29) is 12.1 Å². The van der Waals surface area contributed by atoms with Gasteiger partial charge in [-0.1, -0.05) is 11.6 Å². The highest BCUT2D eigenvalue weighted by molar-refractivity contribution is 8.01. The van der Waals surface area contributed by atoms with Crippen LogP contribution >= 0.6 is 23.4 Å². The number of aryl methyl sites for hydroxylation is 1. The van der Waals surface area contributed by atoms with Gasteiger partial charge in [0.25, 0.3) is 0 Å². The van der Waals surface area contributed by atoms with Crippen molar-refractivity contribution in [2.75, 3.05) is 17.7 Å². The van der Waals surface area contributed by atoms with E-state index in [0.29, 0.717) is 21.4 Å². The zero-order chi connectivity index (χ0) is 21.3. The second-order valence-corrected chi connectivity index (χ2v) is 8.01. The van der Waals surface area contributed by atoms with Crippen molar-refractivity contribution in [2.45, 2.75) is 29.7 Å². The maximum atomic E-state index is 12.8. The minimum absolute atomic E-state index is 0.0847. The molecule has 29 heavy (non-hydrogen) atoms. The molecule has 0 fully saturated rings. The zero-order valence-corrected chi connectivity index (χ0v) is 16.9. The summed E-state index contributed by atoms with van der Waals surface area (Å²) in [6.07, 6.45) is -4.67. The lowest BCUT2D eigenvalue weighted by Gasteiger charge is -2.24. The first-order valence-corrected chi connectivity index (χ1v) is 9.67. The smallest absolute Gasteiger partial charge is 0.416 e. The molecule has 1 atom stereocenters. The first kappa shape index (κ1) is 21.3. The third-order valence-corrected chi connectivity index (χ3v) is 5.93. The Morgan fingerprint density at radius 1 is 1.31 bits per heavy atom. The van der Waals surface area contributed by atoms with Gasteiger partial charge in [-0.05, 0) is 36.8 Å². The fourth-order valence-corrected chi connectivity index (χ4v) is 4.00. The van der Waals surface area contributed by atoms with Gasteiger partial charge < -0.3 is 15.4 Å². The number of ether oxygens (including phenoxy) is 1. The number of hydrogen-bond donors (Lipinski definition) is 2. The number of alkyl halides is 3. The Morgan fingerprint density at radius 2 is 2.03 bits per heavy atom. The number of methoxy groups -OCH3 is 1. The van der Waals surface area contributed by atoms with E-state index in [4.69, 9.17) is 16.3 Å². The highest BCUT2D eigenvalue weighted by atomic mass is 35.5. The van der Waals surface area contributed by atoms with Crippen LogP contribution in [0.1, 0.15) is 17.5 Å². The van der Waals surface area contributed by atoms with Crippen LogP contribution in [0.4, 0.5) is 24.5 Å². The predicted molar refractivity (Wildman–Crippen MR) is 106 cm³/mol. The number of amides is 2. The van der Waals surface area contributed by atoms with Crippen molar-refractivity contribution < 1.29 is 27.5 Å². The summed E-state index contributed by atoms with van der Waals surface area (Å²) in [5.41, 5.74) is 0.387. The lowest BCUT2D eigenvalue weighted by molar-refractivity contribution is -0.137. The molecular formula is C19H16ClF3N2O3S. The third-order valence-electron chi connectivity index (χ3n) is 4.25. The lowest BCUT2D eigenvalue weighted by atomic mass is 10.1. The van der Waals surface area contributed by atoms with E-state index in [1.54, 1.807) is 19.1 Å². The van der Waals surface area contributed by atoms with E-state index in [1.165, 1.54) is 13.2 Å². The fourth-order valence-electron chi connectivity index (χ4n) is 2.76. The van der Waals surface area contributed by atoms with Crippen LogP contribution in [0.25, 0.3) is 0 Å². The Morgan fingerprint density at radius 3 is 2.69 bits per heavy atom. The summed E-state index contributed by atoms with van der Waals surface area (Å²) >= 11 is 7.09. The molecule has 0 spiro atoms. The van der Waals surface area contributed by atoms with E-state index in [0.717, 1.165) is 29.5 Å². The molecule has 0 aromatic heterocycles. The molecule has 154 valence electrons. The number of carbonyl (C=O) groups is 2. The number of anilines is 2. The topological polar surface area (TPSA) is 67.4 Å². The summed E-state index contributed by atoms with van der Waals surface area (Å²) in [4.78, 5) is 25.2. The minimum Gasteiger partial charge on any atom is -0.495 e. The Hall–Kier alpha value is -2.39. The number of rotatable bonds is 4. The van der Waals surface area contributed by atoms with Crippen molar-refractivity contribution in [3.63, 3.8) is 0 Å². The van der Waals surface area contributed by atoms with Gasteiger partial charge in [-0.15, -0.1) is 11.8 Å². The van der Waals surface area contributed by atoms with Crippen LogP contribution in [0.3, 0.4) is 0 Å². The highest BCUT2D eigenvalue weighted by Crippen LogP contribution is 2.41. The first-order chi connectivity index (χ1) is 13.6. The number of halogens is 4. The molecule has 0 radical (unpaired) electrons. The molecule has 2 N–H and O–H groups in total. The highest BCUT2D eigenvalue weighted by Gasteiger charge is 2.34. The van der Waals surface area contributed by atoms with E-state index < -0.39 is 28.8 Å². The summed E-state index contributed by atoms with van der Waals surface area (Å²) in [7, 11) is 1.44. The maximum Gasteiger partial charge on any atom is 0.416 e. The number of fused-ring (bicyclic) bond motifs is 1. The van der Waals surface area contributed by atoms with Gasteiger partial charge in [-0.3, -0.25) is 9.59 Å². The van der Waals surface area contributed by atoms with Crippen LogP contribution in [-0.2, 0) is 15.8 Å². The van der Waals surface area contributed by atoms with Crippen molar-refractivity contribution in [3.05, 3.63) is 46.5 Å². The van der Waals surface area contributed by atoms with Crippen molar-refractivity contribution in [3.8, 4) is 5.75 Å². The van der Waals surface area contributed by atoms with Crippen LogP contribution in [0.5, 0.6) is 5.75 Å². The van der Waals surface area contributed by atoms with Gasteiger partial charge in [0.15, 0.2) is 0 Å². The normalized spacial score (nSPS) is 16.1. The quantitative estimate of drug-likeness (QED) is 0.687. The molecule has 0 saturated heterocycles. The lowest BCUT2D eigenvalue weighted by Crippen LogP contribution is -2.32. The molecule has 1 aliphatic heterocycles.